The van der Waals surface area contributed by atoms with Gasteiger partial charge >= 0.3 is 0 Å². The molecule has 22 heavy (non-hydrogen) atoms. The first-order valence-electron chi connectivity index (χ1n) is 7.23. The average Bonchev–Trinajstić information content (AvgIpc) is 2.90. The topological polar surface area (TPSA) is 68.2 Å². The molecule has 0 aliphatic rings. The number of aliphatic imine (C=N–C) groups is 1. The summed E-state index contributed by atoms with van der Waals surface area (Å²) in [5, 5.41) is 3.10. The molecule has 1 heterocycles. The number of nitrogens with two attached hydrogens (primary N) is 1. The molecule has 0 saturated heterocycles. The van der Waals surface area contributed by atoms with Gasteiger partial charge < -0.3 is 15.6 Å². The van der Waals surface area contributed by atoms with Crippen molar-refractivity contribution in [3.05, 3.63) is 48.0 Å². The van der Waals surface area contributed by atoms with E-state index in [-0.39, 0.29) is 24.0 Å². The fourth-order valence-electron chi connectivity index (χ4n) is 2.02. The Balaban J connectivity index is 0.00000242. The number of hydrogen-bond acceptors (Lipinski definition) is 2. The van der Waals surface area contributed by atoms with Gasteiger partial charge in [-0.15, -0.1) is 24.0 Å². The van der Waals surface area contributed by atoms with Gasteiger partial charge in [-0.2, -0.15) is 0 Å². The number of nitrogens with one attached hydrogen (secondary N) is 1. The fraction of sp³-hybridized carbons (Fsp3) is 0.375. The van der Waals surface area contributed by atoms with E-state index < -0.39 is 0 Å². The smallest absolute Gasteiger partial charge is 0.193 e. The molecule has 5 nitrogen and oxygen atoms in total. The molecule has 2 rings (SSSR count). The van der Waals surface area contributed by atoms with Crippen molar-refractivity contribution in [2.24, 2.45) is 17.8 Å². The number of anilines is 1. The van der Waals surface area contributed by atoms with Gasteiger partial charge in [0.25, 0.3) is 0 Å². The monoisotopic (exact) mass is 413 g/mol. The lowest BCUT2D eigenvalue weighted by Gasteiger charge is -2.10. The zero-order chi connectivity index (χ0) is 15.2. The molecule has 0 bridgehead atoms. The standard InChI is InChI=1S/C16H23N5.HI/c1-4-12(2)13-5-7-14(8-6-13)20-16(17)19-11-15-18-9-10-21(15)3;/h5-10,12H,4,11H2,1-3H3,(H3,17,19,20);1H. The number of hydrogen-bond donors (Lipinski definition) is 2. The summed E-state index contributed by atoms with van der Waals surface area (Å²) in [5.74, 6) is 1.86. The second kappa shape index (κ2) is 8.77. The molecule has 6 heteroatoms. The van der Waals surface area contributed by atoms with Crippen LogP contribution in [0, 0.1) is 0 Å². The van der Waals surface area contributed by atoms with Crippen LogP contribution in [0.15, 0.2) is 41.7 Å². The van der Waals surface area contributed by atoms with Gasteiger partial charge in [-0.05, 0) is 30.0 Å². The van der Waals surface area contributed by atoms with Crippen LogP contribution < -0.4 is 11.1 Å². The molecule has 0 spiro atoms. The molecule has 0 fully saturated rings. The Labute approximate surface area is 149 Å². The Morgan fingerprint density at radius 2 is 2.05 bits per heavy atom. The van der Waals surface area contributed by atoms with E-state index in [0.29, 0.717) is 18.4 Å². The van der Waals surface area contributed by atoms with E-state index in [4.69, 9.17) is 5.73 Å². The molecule has 3 N–H and O–H groups in total. The van der Waals surface area contributed by atoms with Crippen molar-refractivity contribution in [2.75, 3.05) is 5.32 Å². The predicted molar refractivity (Wildman–Crippen MR) is 103 cm³/mol. The third kappa shape index (κ3) is 5.01. The first kappa shape index (κ1) is 18.5. The highest BCUT2D eigenvalue weighted by molar-refractivity contribution is 14.0. The maximum absolute atomic E-state index is 5.90. The molecule has 1 atom stereocenters. The van der Waals surface area contributed by atoms with Gasteiger partial charge in [-0.1, -0.05) is 26.0 Å². The van der Waals surface area contributed by atoms with E-state index in [0.717, 1.165) is 17.9 Å². The lowest BCUT2D eigenvalue weighted by atomic mass is 9.99. The highest BCUT2D eigenvalue weighted by Crippen LogP contribution is 2.20. The Morgan fingerprint density at radius 3 is 2.59 bits per heavy atom. The van der Waals surface area contributed by atoms with E-state index in [1.54, 1.807) is 6.20 Å². The van der Waals surface area contributed by atoms with Crippen LogP contribution in [0.1, 0.15) is 37.6 Å². The summed E-state index contributed by atoms with van der Waals surface area (Å²) in [6.07, 6.45) is 4.78. The molecule has 0 radical (unpaired) electrons. The number of rotatable bonds is 5. The van der Waals surface area contributed by atoms with E-state index in [1.807, 2.05) is 29.9 Å². The lowest BCUT2D eigenvalue weighted by molar-refractivity contribution is 0.734. The zero-order valence-electron chi connectivity index (χ0n) is 13.3. The van der Waals surface area contributed by atoms with Gasteiger partial charge in [0.1, 0.15) is 12.4 Å². The zero-order valence-corrected chi connectivity index (χ0v) is 15.6. The normalized spacial score (nSPS) is 12.6. The van der Waals surface area contributed by atoms with Crippen molar-refractivity contribution < 1.29 is 0 Å². The minimum atomic E-state index is 0. The van der Waals surface area contributed by atoms with Gasteiger partial charge in [0.2, 0.25) is 0 Å². The first-order chi connectivity index (χ1) is 10.1. The lowest BCUT2D eigenvalue weighted by Crippen LogP contribution is -2.22. The van der Waals surface area contributed by atoms with Gasteiger partial charge in [-0.3, -0.25) is 0 Å². The molecule has 1 aromatic carbocycles. The molecular formula is C16H24IN5. The number of nitrogens with zero attached hydrogens (tertiary/aromatic N) is 3. The molecule has 0 amide bonds. The van der Waals surface area contributed by atoms with Crippen molar-refractivity contribution in [3.8, 4) is 0 Å². The number of benzene rings is 1. The maximum atomic E-state index is 5.90. The summed E-state index contributed by atoms with van der Waals surface area (Å²) in [7, 11) is 1.94. The highest BCUT2D eigenvalue weighted by Gasteiger charge is 2.03. The van der Waals surface area contributed by atoms with Gasteiger partial charge in [0, 0.05) is 25.1 Å². The van der Waals surface area contributed by atoms with Gasteiger partial charge in [0.15, 0.2) is 5.96 Å². The second-order valence-corrected chi connectivity index (χ2v) is 5.21. The predicted octanol–water partition coefficient (Wildman–Crippen LogP) is 3.48. The van der Waals surface area contributed by atoms with Crippen LogP contribution in [0.25, 0.3) is 0 Å². The van der Waals surface area contributed by atoms with Crippen molar-refractivity contribution in [2.45, 2.75) is 32.7 Å². The van der Waals surface area contributed by atoms with Gasteiger partial charge in [-0.25, -0.2) is 9.98 Å². The number of aryl methyl sites for hydroxylation is 1. The Hall–Kier alpha value is -1.57. The van der Waals surface area contributed by atoms with Crippen LogP contribution >= 0.6 is 24.0 Å². The Morgan fingerprint density at radius 1 is 1.36 bits per heavy atom. The summed E-state index contributed by atoms with van der Waals surface area (Å²) in [6.45, 7) is 4.89. The van der Waals surface area contributed by atoms with E-state index in [1.165, 1.54) is 5.56 Å². The molecule has 2 aromatic rings. The van der Waals surface area contributed by atoms with Crippen LogP contribution in [0.5, 0.6) is 0 Å². The maximum Gasteiger partial charge on any atom is 0.193 e. The molecular weight excluding hydrogens is 389 g/mol. The first-order valence-corrected chi connectivity index (χ1v) is 7.23. The fourth-order valence-corrected chi connectivity index (χ4v) is 2.02. The average molecular weight is 413 g/mol. The van der Waals surface area contributed by atoms with E-state index in [9.17, 15) is 0 Å². The van der Waals surface area contributed by atoms with Gasteiger partial charge in [0.05, 0.1) is 0 Å². The number of guanidine groups is 1. The Kier molecular flexibility index (Phi) is 7.37. The third-order valence-corrected chi connectivity index (χ3v) is 3.68. The van der Waals surface area contributed by atoms with Crippen molar-refractivity contribution in [1.29, 1.82) is 0 Å². The second-order valence-electron chi connectivity index (χ2n) is 5.21. The third-order valence-electron chi connectivity index (χ3n) is 3.68. The van der Waals surface area contributed by atoms with Crippen LogP contribution in [-0.4, -0.2) is 15.5 Å². The molecule has 1 unspecified atom stereocenters. The van der Waals surface area contributed by atoms with Crippen LogP contribution in [0.2, 0.25) is 0 Å². The van der Waals surface area contributed by atoms with Crippen LogP contribution in [0.3, 0.4) is 0 Å². The quantitative estimate of drug-likeness (QED) is 0.448. The summed E-state index contributed by atoms with van der Waals surface area (Å²) in [4.78, 5) is 8.50. The summed E-state index contributed by atoms with van der Waals surface area (Å²) in [6, 6.07) is 8.32. The molecule has 0 aliphatic carbocycles. The van der Waals surface area contributed by atoms with Crippen LogP contribution in [-0.2, 0) is 13.6 Å². The highest BCUT2D eigenvalue weighted by atomic mass is 127. The van der Waals surface area contributed by atoms with Crippen molar-refractivity contribution in [3.63, 3.8) is 0 Å². The summed E-state index contributed by atoms with van der Waals surface area (Å²) in [5.41, 5.74) is 8.19. The number of aromatic nitrogens is 2. The van der Waals surface area contributed by atoms with Crippen molar-refractivity contribution >= 4 is 35.6 Å². The summed E-state index contributed by atoms with van der Waals surface area (Å²) >= 11 is 0. The largest absolute Gasteiger partial charge is 0.370 e. The Bertz CT molecular complexity index is 603. The summed E-state index contributed by atoms with van der Waals surface area (Å²) < 4.78 is 1.93. The molecule has 0 aliphatic heterocycles. The van der Waals surface area contributed by atoms with Crippen molar-refractivity contribution in [1.82, 2.24) is 9.55 Å². The van der Waals surface area contributed by atoms with E-state index >= 15 is 0 Å². The van der Waals surface area contributed by atoms with E-state index in [2.05, 4.69) is 41.3 Å². The molecule has 0 saturated carbocycles. The number of halogens is 1. The minimum Gasteiger partial charge on any atom is -0.370 e. The minimum absolute atomic E-state index is 0. The van der Waals surface area contributed by atoms with Crippen LogP contribution in [0.4, 0.5) is 5.69 Å². The SMILES string of the molecule is CCC(C)c1ccc(NC(N)=NCc2nccn2C)cc1.I. The molecule has 120 valence electrons. The number of imidazole rings is 1. The molecule has 1 aromatic heterocycles.